The predicted molar refractivity (Wildman–Crippen MR) is 55.9 cm³/mol. The lowest BCUT2D eigenvalue weighted by atomic mass is 10.1. The Morgan fingerprint density at radius 3 is 3.08 bits per heavy atom. The van der Waals surface area contributed by atoms with Crippen molar-refractivity contribution in [3.8, 4) is 0 Å². The van der Waals surface area contributed by atoms with Gasteiger partial charge in [-0.25, -0.2) is 0 Å². The van der Waals surface area contributed by atoms with Crippen LogP contribution in [0.2, 0.25) is 0 Å². The molecule has 0 spiro atoms. The monoisotopic (exact) mass is 191 g/mol. The molecule has 0 saturated carbocycles. The highest BCUT2D eigenvalue weighted by Gasteiger charge is 2.03. The van der Waals surface area contributed by atoms with Crippen LogP contribution in [0.5, 0.6) is 0 Å². The molecule has 0 aliphatic carbocycles. The van der Waals surface area contributed by atoms with Gasteiger partial charge in [0, 0.05) is 15.6 Å². The quantitative estimate of drug-likeness (QED) is 0.419. The van der Waals surface area contributed by atoms with Gasteiger partial charge in [-0.2, -0.15) is 0 Å². The van der Waals surface area contributed by atoms with Crippen LogP contribution in [-0.2, 0) is 0 Å². The molecule has 0 bridgehead atoms. The van der Waals surface area contributed by atoms with E-state index in [1.165, 1.54) is 21.9 Å². The standard InChI is InChI=1S/C10H9NOS/c1-7-6-13-9-4-2-3-8(5-11-12)10(7)9/h2-6,12H,1H3. The summed E-state index contributed by atoms with van der Waals surface area (Å²) in [5, 5.41) is 14.8. The van der Waals surface area contributed by atoms with Crippen LogP contribution in [0.15, 0.2) is 28.7 Å². The first-order valence-electron chi connectivity index (χ1n) is 3.97. The molecule has 1 N–H and O–H groups in total. The lowest BCUT2D eigenvalue weighted by molar-refractivity contribution is 0.322. The number of fused-ring (bicyclic) bond motifs is 1. The summed E-state index contributed by atoms with van der Waals surface area (Å²) in [7, 11) is 0. The van der Waals surface area contributed by atoms with Crippen molar-refractivity contribution in [3.05, 3.63) is 34.7 Å². The SMILES string of the molecule is Cc1csc2cccc(C=NO)c12. The van der Waals surface area contributed by atoms with Gasteiger partial charge < -0.3 is 5.21 Å². The molecule has 0 aliphatic heterocycles. The van der Waals surface area contributed by atoms with Crippen LogP contribution >= 0.6 is 11.3 Å². The van der Waals surface area contributed by atoms with Crippen LogP contribution < -0.4 is 0 Å². The molecule has 1 aromatic heterocycles. The van der Waals surface area contributed by atoms with Crippen LogP contribution in [-0.4, -0.2) is 11.4 Å². The zero-order valence-electron chi connectivity index (χ0n) is 7.19. The summed E-state index contributed by atoms with van der Waals surface area (Å²) in [5.74, 6) is 0. The van der Waals surface area contributed by atoms with E-state index in [4.69, 9.17) is 5.21 Å². The third kappa shape index (κ3) is 1.31. The summed E-state index contributed by atoms with van der Waals surface area (Å²) in [5.41, 5.74) is 2.20. The van der Waals surface area contributed by atoms with Gasteiger partial charge in [0.1, 0.15) is 0 Å². The van der Waals surface area contributed by atoms with Gasteiger partial charge in [-0.15, -0.1) is 11.3 Å². The van der Waals surface area contributed by atoms with Gasteiger partial charge in [0.15, 0.2) is 0 Å². The van der Waals surface area contributed by atoms with E-state index in [0.29, 0.717) is 0 Å². The number of benzene rings is 1. The first-order chi connectivity index (χ1) is 6.33. The normalized spacial score (nSPS) is 11.5. The number of thiophene rings is 1. The van der Waals surface area contributed by atoms with E-state index in [1.54, 1.807) is 11.3 Å². The van der Waals surface area contributed by atoms with Crippen molar-refractivity contribution >= 4 is 27.6 Å². The molecule has 1 aromatic carbocycles. The number of hydrogen-bond acceptors (Lipinski definition) is 3. The maximum Gasteiger partial charge on any atom is 0.0740 e. The first kappa shape index (κ1) is 8.26. The van der Waals surface area contributed by atoms with E-state index >= 15 is 0 Å². The fourth-order valence-corrected chi connectivity index (χ4v) is 2.42. The maximum absolute atomic E-state index is 8.48. The zero-order chi connectivity index (χ0) is 9.26. The van der Waals surface area contributed by atoms with Gasteiger partial charge in [-0.1, -0.05) is 17.3 Å². The number of rotatable bonds is 1. The third-order valence-corrected chi connectivity index (χ3v) is 3.08. The minimum atomic E-state index is 0.971. The molecule has 66 valence electrons. The topological polar surface area (TPSA) is 32.6 Å². The average Bonchev–Trinajstić information content (AvgIpc) is 2.50. The summed E-state index contributed by atoms with van der Waals surface area (Å²) < 4.78 is 1.23. The highest BCUT2D eigenvalue weighted by Crippen LogP contribution is 2.27. The maximum atomic E-state index is 8.48. The van der Waals surface area contributed by atoms with Gasteiger partial charge in [-0.3, -0.25) is 0 Å². The molecule has 3 heteroatoms. The third-order valence-electron chi connectivity index (χ3n) is 2.01. The Hall–Kier alpha value is -1.35. The zero-order valence-corrected chi connectivity index (χ0v) is 8.01. The average molecular weight is 191 g/mol. The van der Waals surface area contributed by atoms with Crippen molar-refractivity contribution in [1.82, 2.24) is 0 Å². The molecule has 0 atom stereocenters. The van der Waals surface area contributed by atoms with Crippen molar-refractivity contribution in [1.29, 1.82) is 0 Å². The van der Waals surface area contributed by atoms with Crippen molar-refractivity contribution < 1.29 is 5.21 Å². The Morgan fingerprint density at radius 2 is 2.31 bits per heavy atom. The van der Waals surface area contributed by atoms with Crippen LogP contribution in [0, 0.1) is 6.92 Å². The second-order valence-electron chi connectivity index (χ2n) is 2.88. The minimum absolute atomic E-state index is 0.971. The molecule has 0 amide bonds. The summed E-state index contributed by atoms with van der Waals surface area (Å²) >= 11 is 1.71. The van der Waals surface area contributed by atoms with Crippen molar-refractivity contribution in [2.75, 3.05) is 0 Å². The smallest absolute Gasteiger partial charge is 0.0740 e. The number of aryl methyl sites for hydroxylation is 1. The van der Waals surface area contributed by atoms with Crippen molar-refractivity contribution in [2.45, 2.75) is 6.92 Å². The molecular formula is C10H9NOS. The van der Waals surface area contributed by atoms with Crippen LogP contribution in [0.1, 0.15) is 11.1 Å². The highest BCUT2D eigenvalue weighted by molar-refractivity contribution is 7.17. The fourth-order valence-electron chi connectivity index (χ4n) is 1.45. The van der Waals surface area contributed by atoms with Gasteiger partial charge in [0.25, 0.3) is 0 Å². The van der Waals surface area contributed by atoms with E-state index in [0.717, 1.165) is 5.56 Å². The molecular weight excluding hydrogens is 182 g/mol. The van der Waals surface area contributed by atoms with E-state index in [1.807, 2.05) is 12.1 Å². The Balaban J connectivity index is 2.80. The lowest BCUT2D eigenvalue weighted by Gasteiger charge is -1.96. The fraction of sp³-hybridized carbons (Fsp3) is 0.100. The van der Waals surface area contributed by atoms with Crippen LogP contribution in [0.25, 0.3) is 10.1 Å². The van der Waals surface area contributed by atoms with Gasteiger partial charge in [-0.05, 0) is 23.9 Å². The number of oxime groups is 1. The summed E-state index contributed by atoms with van der Waals surface area (Å²) in [6.07, 6.45) is 1.47. The first-order valence-corrected chi connectivity index (χ1v) is 4.85. The summed E-state index contributed by atoms with van der Waals surface area (Å²) in [6.45, 7) is 2.06. The molecule has 0 unspecified atom stereocenters. The van der Waals surface area contributed by atoms with Crippen molar-refractivity contribution in [3.63, 3.8) is 0 Å². The molecule has 2 aromatic rings. The van der Waals surface area contributed by atoms with E-state index < -0.39 is 0 Å². The van der Waals surface area contributed by atoms with Crippen LogP contribution in [0.4, 0.5) is 0 Å². The van der Waals surface area contributed by atoms with Crippen LogP contribution in [0.3, 0.4) is 0 Å². The summed E-state index contributed by atoms with van der Waals surface area (Å²) in [4.78, 5) is 0. The summed E-state index contributed by atoms with van der Waals surface area (Å²) in [6, 6.07) is 5.98. The van der Waals surface area contributed by atoms with Crippen molar-refractivity contribution in [2.24, 2.45) is 5.16 Å². The Labute approximate surface area is 80.1 Å². The second kappa shape index (κ2) is 3.18. The Bertz CT molecular complexity index is 459. The molecule has 2 nitrogen and oxygen atoms in total. The largest absolute Gasteiger partial charge is 0.411 e. The minimum Gasteiger partial charge on any atom is -0.411 e. The van der Waals surface area contributed by atoms with Gasteiger partial charge in [0.2, 0.25) is 0 Å². The molecule has 1 heterocycles. The van der Waals surface area contributed by atoms with Gasteiger partial charge >= 0.3 is 0 Å². The molecule has 0 aliphatic rings. The predicted octanol–water partition coefficient (Wildman–Crippen LogP) is 3.02. The number of nitrogens with zero attached hydrogens (tertiary/aromatic N) is 1. The van der Waals surface area contributed by atoms with E-state index in [9.17, 15) is 0 Å². The van der Waals surface area contributed by atoms with E-state index in [2.05, 4.69) is 23.5 Å². The Morgan fingerprint density at radius 1 is 1.46 bits per heavy atom. The molecule has 2 rings (SSSR count). The Kier molecular flexibility index (Phi) is 2.02. The molecule has 0 saturated heterocycles. The second-order valence-corrected chi connectivity index (χ2v) is 3.79. The number of hydrogen-bond donors (Lipinski definition) is 1. The van der Waals surface area contributed by atoms with E-state index in [-0.39, 0.29) is 0 Å². The highest BCUT2D eigenvalue weighted by atomic mass is 32.1. The molecule has 0 radical (unpaired) electrons. The molecule has 0 fully saturated rings. The lowest BCUT2D eigenvalue weighted by Crippen LogP contribution is -1.82. The molecule has 13 heavy (non-hydrogen) atoms. The van der Waals surface area contributed by atoms with Gasteiger partial charge in [0.05, 0.1) is 6.21 Å².